The van der Waals surface area contributed by atoms with Gasteiger partial charge in [-0.25, -0.2) is 9.37 Å². The molecule has 1 aromatic carbocycles. The standard InChI is InChI=1S/C19H21BrClFN6/c20-14-10-25-28-18(24-9-11-1-6-16(22)15(21)7-11)8-17(27-19(14)28)26-13-4-2-12(23)3-5-13/h1,6-8,10,12-13,24H,2-5,9,23H2,(H,26,27). The van der Waals surface area contributed by atoms with E-state index in [0.717, 1.165) is 53.0 Å². The van der Waals surface area contributed by atoms with E-state index in [4.69, 9.17) is 17.3 Å². The van der Waals surface area contributed by atoms with E-state index in [2.05, 4.69) is 36.6 Å². The van der Waals surface area contributed by atoms with Gasteiger partial charge >= 0.3 is 0 Å². The zero-order valence-electron chi connectivity index (χ0n) is 15.1. The minimum atomic E-state index is -0.425. The molecule has 4 rings (SSSR count). The summed E-state index contributed by atoms with van der Waals surface area (Å²) < 4.78 is 15.9. The van der Waals surface area contributed by atoms with Crippen molar-refractivity contribution in [2.45, 2.75) is 44.3 Å². The van der Waals surface area contributed by atoms with Gasteiger partial charge < -0.3 is 16.4 Å². The van der Waals surface area contributed by atoms with Gasteiger partial charge in [0.05, 0.1) is 15.7 Å². The van der Waals surface area contributed by atoms with Crippen LogP contribution in [0.5, 0.6) is 0 Å². The van der Waals surface area contributed by atoms with Crippen LogP contribution in [0.2, 0.25) is 5.02 Å². The summed E-state index contributed by atoms with van der Waals surface area (Å²) >= 11 is 9.39. The molecule has 0 amide bonds. The van der Waals surface area contributed by atoms with Gasteiger partial charge in [-0.1, -0.05) is 17.7 Å². The molecule has 1 aliphatic carbocycles. The smallest absolute Gasteiger partial charge is 0.173 e. The lowest BCUT2D eigenvalue weighted by Crippen LogP contribution is -2.33. The van der Waals surface area contributed by atoms with Crippen molar-refractivity contribution in [2.24, 2.45) is 5.73 Å². The number of halogens is 3. The quantitative estimate of drug-likeness (QED) is 0.512. The van der Waals surface area contributed by atoms with Gasteiger partial charge in [-0.15, -0.1) is 0 Å². The maximum atomic E-state index is 13.4. The van der Waals surface area contributed by atoms with Crippen molar-refractivity contribution in [1.29, 1.82) is 0 Å². The summed E-state index contributed by atoms with van der Waals surface area (Å²) in [5.41, 5.74) is 7.60. The molecule has 3 aromatic rings. The van der Waals surface area contributed by atoms with E-state index in [9.17, 15) is 4.39 Å². The Hall–Kier alpha value is -1.90. The highest BCUT2D eigenvalue weighted by Gasteiger charge is 2.19. The van der Waals surface area contributed by atoms with Crippen LogP contribution < -0.4 is 16.4 Å². The molecule has 2 aromatic heterocycles. The Morgan fingerprint density at radius 2 is 2.04 bits per heavy atom. The molecular formula is C19H21BrClFN6. The molecule has 4 N–H and O–H groups in total. The highest BCUT2D eigenvalue weighted by Crippen LogP contribution is 2.26. The third-order valence-electron chi connectivity index (χ3n) is 5.01. The highest BCUT2D eigenvalue weighted by molar-refractivity contribution is 9.10. The SMILES string of the molecule is NC1CCC(Nc2cc(NCc3ccc(F)c(Cl)c3)n3ncc(Br)c3n2)CC1. The first-order valence-corrected chi connectivity index (χ1v) is 10.4. The topological polar surface area (TPSA) is 80.3 Å². The van der Waals surface area contributed by atoms with E-state index in [-0.39, 0.29) is 5.02 Å². The lowest BCUT2D eigenvalue weighted by Gasteiger charge is -2.27. The number of nitrogens with one attached hydrogen (secondary N) is 2. The van der Waals surface area contributed by atoms with E-state index >= 15 is 0 Å². The van der Waals surface area contributed by atoms with Gasteiger partial charge in [0.1, 0.15) is 17.5 Å². The van der Waals surface area contributed by atoms with Gasteiger partial charge in [0.25, 0.3) is 0 Å². The van der Waals surface area contributed by atoms with Crippen LogP contribution in [0.4, 0.5) is 16.0 Å². The Balaban J connectivity index is 1.56. The molecule has 0 radical (unpaired) electrons. The molecule has 0 saturated heterocycles. The molecule has 0 bridgehead atoms. The molecule has 9 heteroatoms. The zero-order chi connectivity index (χ0) is 19.7. The fraction of sp³-hybridized carbons (Fsp3) is 0.368. The number of anilines is 2. The molecule has 28 heavy (non-hydrogen) atoms. The molecular weight excluding hydrogens is 447 g/mol. The Bertz CT molecular complexity index is 986. The second-order valence-corrected chi connectivity index (χ2v) is 8.37. The predicted molar refractivity (Wildman–Crippen MR) is 113 cm³/mol. The van der Waals surface area contributed by atoms with Gasteiger partial charge in [0, 0.05) is 24.7 Å². The van der Waals surface area contributed by atoms with Crippen LogP contribution in [0.25, 0.3) is 5.65 Å². The Morgan fingerprint density at radius 1 is 1.25 bits per heavy atom. The van der Waals surface area contributed by atoms with Gasteiger partial charge in [0.15, 0.2) is 5.65 Å². The van der Waals surface area contributed by atoms with Crippen molar-refractivity contribution in [3.05, 3.63) is 51.3 Å². The van der Waals surface area contributed by atoms with Crippen molar-refractivity contribution in [3.8, 4) is 0 Å². The second-order valence-electron chi connectivity index (χ2n) is 7.11. The van der Waals surface area contributed by atoms with Gasteiger partial charge in [-0.2, -0.15) is 9.61 Å². The average molecular weight is 468 g/mol. The summed E-state index contributed by atoms with van der Waals surface area (Å²) in [5.74, 6) is 1.14. The minimum Gasteiger partial charge on any atom is -0.367 e. The summed E-state index contributed by atoms with van der Waals surface area (Å²) in [7, 11) is 0. The van der Waals surface area contributed by atoms with Crippen LogP contribution in [-0.2, 0) is 6.54 Å². The lowest BCUT2D eigenvalue weighted by atomic mass is 9.92. The molecule has 0 unspecified atom stereocenters. The fourth-order valence-corrected chi connectivity index (χ4v) is 4.00. The third kappa shape index (κ3) is 4.24. The number of hydrogen-bond acceptors (Lipinski definition) is 5. The van der Waals surface area contributed by atoms with E-state index < -0.39 is 5.82 Å². The fourth-order valence-electron chi connectivity index (χ4n) is 3.45. The highest BCUT2D eigenvalue weighted by atomic mass is 79.9. The van der Waals surface area contributed by atoms with Gasteiger partial charge in [-0.3, -0.25) is 0 Å². The van der Waals surface area contributed by atoms with Crippen molar-refractivity contribution in [1.82, 2.24) is 14.6 Å². The molecule has 1 aliphatic rings. The maximum absolute atomic E-state index is 13.4. The van der Waals surface area contributed by atoms with Crippen molar-refractivity contribution in [2.75, 3.05) is 10.6 Å². The second kappa shape index (κ2) is 8.23. The monoisotopic (exact) mass is 466 g/mol. The molecule has 148 valence electrons. The lowest BCUT2D eigenvalue weighted by molar-refractivity contribution is 0.410. The largest absolute Gasteiger partial charge is 0.367 e. The summed E-state index contributed by atoms with van der Waals surface area (Å²) in [6.45, 7) is 0.480. The predicted octanol–water partition coefficient (Wildman–Crippen LogP) is 4.58. The van der Waals surface area contributed by atoms with E-state index in [0.29, 0.717) is 18.6 Å². The molecule has 1 fully saturated rings. The molecule has 1 saturated carbocycles. The summed E-state index contributed by atoms with van der Waals surface area (Å²) in [5, 5.41) is 11.4. The summed E-state index contributed by atoms with van der Waals surface area (Å²) in [6.07, 6.45) is 5.82. The number of benzene rings is 1. The first kappa shape index (κ1) is 19.4. The van der Waals surface area contributed by atoms with Crippen molar-refractivity contribution < 1.29 is 4.39 Å². The molecule has 6 nitrogen and oxygen atoms in total. The molecule has 0 atom stereocenters. The van der Waals surface area contributed by atoms with Crippen molar-refractivity contribution >= 4 is 44.8 Å². The first-order valence-electron chi connectivity index (χ1n) is 9.24. The van der Waals surface area contributed by atoms with Crippen LogP contribution in [0, 0.1) is 5.82 Å². The maximum Gasteiger partial charge on any atom is 0.173 e. The van der Waals surface area contributed by atoms with Crippen molar-refractivity contribution in [3.63, 3.8) is 0 Å². The average Bonchev–Trinajstić information content (AvgIpc) is 3.05. The zero-order valence-corrected chi connectivity index (χ0v) is 17.5. The van der Waals surface area contributed by atoms with Gasteiger partial charge in [-0.05, 0) is 59.3 Å². The third-order valence-corrected chi connectivity index (χ3v) is 5.86. The number of fused-ring (bicyclic) bond motifs is 1. The summed E-state index contributed by atoms with van der Waals surface area (Å²) in [4.78, 5) is 4.69. The van der Waals surface area contributed by atoms with Crippen LogP contribution in [0.3, 0.4) is 0 Å². The van der Waals surface area contributed by atoms with E-state index in [1.807, 2.05) is 6.07 Å². The Labute approximate surface area is 175 Å². The number of nitrogens with two attached hydrogens (primary N) is 1. The van der Waals surface area contributed by atoms with Crippen LogP contribution in [0.15, 0.2) is 34.9 Å². The number of nitrogens with zero attached hydrogens (tertiary/aromatic N) is 3. The first-order chi connectivity index (χ1) is 13.5. The van der Waals surface area contributed by atoms with Crippen LogP contribution >= 0.6 is 27.5 Å². The number of hydrogen-bond donors (Lipinski definition) is 3. The minimum absolute atomic E-state index is 0.110. The molecule has 2 heterocycles. The van der Waals surface area contributed by atoms with Crippen LogP contribution in [-0.4, -0.2) is 26.7 Å². The van der Waals surface area contributed by atoms with Gasteiger partial charge in [0.2, 0.25) is 0 Å². The molecule has 0 spiro atoms. The van der Waals surface area contributed by atoms with E-state index in [1.165, 1.54) is 6.07 Å². The van der Waals surface area contributed by atoms with E-state index in [1.54, 1.807) is 22.8 Å². The number of rotatable bonds is 5. The Morgan fingerprint density at radius 3 is 2.79 bits per heavy atom. The summed E-state index contributed by atoms with van der Waals surface area (Å²) in [6, 6.07) is 7.29. The number of aromatic nitrogens is 3. The normalized spacial score (nSPS) is 19.7. The Kier molecular flexibility index (Phi) is 5.70. The van der Waals surface area contributed by atoms with Crippen LogP contribution in [0.1, 0.15) is 31.2 Å². The molecule has 0 aliphatic heterocycles.